The summed E-state index contributed by atoms with van der Waals surface area (Å²) in [6.45, 7) is 6.04. The highest BCUT2D eigenvalue weighted by molar-refractivity contribution is 7.94. The number of nitrogens with zero attached hydrogens (tertiary/aromatic N) is 1. The van der Waals surface area contributed by atoms with Crippen LogP contribution in [0.25, 0.3) is 0 Å². The summed E-state index contributed by atoms with van der Waals surface area (Å²) in [5.74, 6) is 0.182. The molecule has 1 N–H and O–H groups in total. The van der Waals surface area contributed by atoms with Gasteiger partial charge in [0, 0.05) is 18.7 Å². The van der Waals surface area contributed by atoms with Gasteiger partial charge in [0.2, 0.25) is 0 Å². The Morgan fingerprint density at radius 3 is 2.25 bits per heavy atom. The third kappa shape index (κ3) is 3.96. The number of benzene rings is 1. The Morgan fingerprint density at radius 2 is 1.75 bits per heavy atom. The van der Waals surface area contributed by atoms with Gasteiger partial charge < -0.3 is 5.32 Å². The van der Waals surface area contributed by atoms with E-state index in [-0.39, 0.29) is 16.2 Å². The first-order valence-electron chi connectivity index (χ1n) is 7.67. The zero-order valence-corrected chi connectivity index (χ0v) is 15.8. The average molecular weight is 367 g/mol. The Labute approximate surface area is 147 Å². The number of carbonyl (C=O) groups is 1. The van der Waals surface area contributed by atoms with Crippen LogP contribution in [0.2, 0.25) is 0 Å². The fourth-order valence-electron chi connectivity index (χ4n) is 1.96. The van der Waals surface area contributed by atoms with E-state index in [4.69, 9.17) is 0 Å². The Morgan fingerprint density at radius 1 is 1.12 bits per heavy atom. The van der Waals surface area contributed by atoms with Crippen LogP contribution in [0.4, 0.5) is 5.69 Å². The second kappa shape index (κ2) is 7.36. The van der Waals surface area contributed by atoms with Gasteiger partial charge in [0.1, 0.15) is 4.21 Å². The second-order valence-corrected chi connectivity index (χ2v) is 9.10. The van der Waals surface area contributed by atoms with E-state index in [1.165, 1.54) is 22.7 Å². The second-order valence-electron chi connectivity index (χ2n) is 5.96. The van der Waals surface area contributed by atoms with Crippen LogP contribution in [0.5, 0.6) is 0 Å². The standard InChI is InChI=1S/C17H22N2O3S2/c1-12(2)13(3)18-17(20)14-7-9-15(10-8-14)19(4)24(21,22)16-6-5-11-23-16/h5-13H,1-4H3,(H,18,20)/t13-/m1/s1. The molecule has 0 saturated heterocycles. The highest BCUT2D eigenvalue weighted by atomic mass is 32.2. The number of sulfonamides is 1. The highest BCUT2D eigenvalue weighted by Crippen LogP contribution is 2.25. The van der Waals surface area contributed by atoms with Crippen LogP contribution in [0, 0.1) is 5.92 Å². The molecule has 2 rings (SSSR count). The predicted octanol–water partition coefficient (Wildman–Crippen LogP) is 3.35. The van der Waals surface area contributed by atoms with E-state index in [1.807, 2.05) is 20.8 Å². The molecule has 0 aliphatic carbocycles. The molecule has 0 bridgehead atoms. The molecule has 2 aromatic rings. The molecule has 0 radical (unpaired) electrons. The zero-order valence-electron chi connectivity index (χ0n) is 14.2. The normalized spacial score (nSPS) is 12.9. The lowest BCUT2D eigenvalue weighted by Crippen LogP contribution is -2.36. The first-order chi connectivity index (χ1) is 11.2. The van der Waals surface area contributed by atoms with Gasteiger partial charge in [0.05, 0.1) is 5.69 Å². The van der Waals surface area contributed by atoms with Crippen molar-refractivity contribution in [3.8, 4) is 0 Å². The monoisotopic (exact) mass is 366 g/mol. The van der Waals surface area contributed by atoms with Crippen molar-refractivity contribution in [1.29, 1.82) is 0 Å². The summed E-state index contributed by atoms with van der Waals surface area (Å²) < 4.78 is 26.5. The number of nitrogens with one attached hydrogen (secondary N) is 1. The van der Waals surface area contributed by atoms with E-state index in [9.17, 15) is 13.2 Å². The molecule has 0 spiro atoms. The molecule has 7 heteroatoms. The smallest absolute Gasteiger partial charge is 0.273 e. The van der Waals surface area contributed by atoms with E-state index in [1.54, 1.807) is 41.8 Å². The van der Waals surface area contributed by atoms with E-state index < -0.39 is 10.0 Å². The Hall–Kier alpha value is -1.86. The van der Waals surface area contributed by atoms with Gasteiger partial charge in [-0.3, -0.25) is 9.10 Å². The molecule has 0 aliphatic heterocycles. The summed E-state index contributed by atoms with van der Waals surface area (Å²) in [6.07, 6.45) is 0. The molecule has 1 heterocycles. The Kier molecular flexibility index (Phi) is 5.66. The average Bonchev–Trinajstić information content (AvgIpc) is 3.09. The molecule has 1 aromatic heterocycles. The number of hydrogen-bond acceptors (Lipinski definition) is 4. The number of rotatable bonds is 6. The molecule has 0 fully saturated rings. The van der Waals surface area contributed by atoms with Gasteiger partial charge in [0.25, 0.3) is 15.9 Å². The minimum atomic E-state index is -3.56. The lowest BCUT2D eigenvalue weighted by atomic mass is 10.1. The molecule has 130 valence electrons. The largest absolute Gasteiger partial charge is 0.349 e. The maximum Gasteiger partial charge on any atom is 0.273 e. The van der Waals surface area contributed by atoms with Crippen LogP contribution in [0.3, 0.4) is 0 Å². The minimum absolute atomic E-state index is 0.0686. The number of carbonyl (C=O) groups excluding carboxylic acids is 1. The van der Waals surface area contributed by atoms with Crippen molar-refractivity contribution in [1.82, 2.24) is 5.32 Å². The van der Waals surface area contributed by atoms with Crippen molar-refractivity contribution in [3.63, 3.8) is 0 Å². The number of hydrogen-bond donors (Lipinski definition) is 1. The van der Waals surface area contributed by atoms with Crippen LogP contribution in [0.15, 0.2) is 46.0 Å². The van der Waals surface area contributed by atoms with Crippen molar-refractivity contribution in [2.24, 2.45) is 5.92 Å². The van der Waals surface area contributed by atoms with Gasteiger partial charge in [-0.05, 0) is 48.6 Å². The Bertz CT molecular complexity index is 782. The van der Waals surface area contributed by atoms with Gasteiger partial charge in [-0.2, -0.15) is 0 Å². The molecule has 1 amide bonds. The Balaban J connectivity index is 2.16. The van der Waals surface area contributed by atoms with Crippen molar-refractivity contribution in [2.75, 3.05) is 11.4 Å². The van der Waals surface area contributed by atoms with Crippen LogP contribution >= 0.6 is 11.3 Å². The summed E-state index contributed by atoms with van der Waals surface area (Å²) in [6, 6.07) is 9.90. The van der Waals surface area contributed by atoms with E-state index >= 15 is 0 Å². The number of thiophene rings is 1. The van der Waals surface area contributed by atoms with Crippen molar-refractivity contribution in [3.05, 3.63) is 47.3 Å². The van der Waals surface area contributed by atoms with Crippen LogP contribution < -0.4 is 9.62 Å². The quantitative estimate of drug-likeness (QED) is 0.852. The highest BCUT2D eigenvalue weighted by Gasteiger charge is 2.22. The van der Waals surface area contributed by atoms with Crippen molar-refractivity contribution >= 4 is 33.0 Å². The van der Waals surface area contributed by atoms with Gasteiger partial charge in [-0.1, -0.05) is 19.9 Å². The maximum absolute atomic E-state index is 12.5. The van der Waals surface area contributed by atoms with E-state index in [0.717, 1.165) is 0 Å². The predicted molar refractivity (Wildman–Crippen MR) is 98.1 cm³/mol. The summed E-state index contributed by atoms with van der Waals surface area (Å²) in [4.78, 5) is 12.2. The molecular formula is C17H22N2O3S2. The summed E-state index contributed by atoms with van der Waals surface area (Å²) in [7, 11) is -2.06. The van der Waals surface area contributed by atoms with Crippen molar-refractivity contribution < 1.29 is 13.2 Å². The SMILES string of the molecule is CC(C)[C@@H](C)NC(=O)c1ccc(N(C)S(=O)(=O)c2cccs2)cc1. The molecule has 1 aromatic carbocycles. The molecule has 5 nitrogen and oxygen atoms in total. The molecule has 0 aliphatic rings. The molecule has 24 heavy (non-hydrogen) atoms. The van der Waals surface area contributed by atoms with Crippen molar-refractivity contribution in [2.45, 2.75) is 31.0 Å². The minimum Gasteiger partial charge on any atom is -0.349 e. The topological polar surface area (TPSA) is 66.5 Å². The van der Waals surface area contributed by atoms with E-state index in [0.29, 0.717) is 17.2 Å². The molecule has 0 saturated carbocycles. The zero-order chi connectivity index (χ0) is 17.9. The van der Waals surface area contributed by atoms with Gasteiger partial charge in [-0.15, -0.1) is 11.3 Å². The fourth-order valence-corrected chi connectivity index (χ4v) is 4.32. The first kappa shape index (κ1) is 18.5. The number of amides is 1. The van der Waals surface area contributed by atoms with Gasteiger partial charge in [0.15, 0.2) is 0 Å². The molecular weight excluding hydrogens is 344 g/mol. The summed E-state index contributed by atoms with van der Waals surface area (Å²) >= 11 is 1.18. The third-order valence-corrected chi connectivity index (χ3v) is 7.12. The number of anilines is 1. The molecule has 1 atom stereocenters. The van der Waals surface area contributed by atoms with Gasteiger partial charge >= 0.3 is 0 Å². The molecule has 0 unspecified atom stereocenters. The van der Waals surface area contributed by atoms with Crippen LogP contribution in [0.1, 0.15) is 31.1 Å². The lowest BCUT2D eigenvalue weighted by Gasteiger charge is -2.19. The summed E-state index contributed by atoms with van der Waals surface area (Å²) in [5, 5.41) is 4.65. The fraction of sp³-hybridized carbons (Fsp3) is 0.353. The van der Waals surface area contributed by atoms with Crippen LogP contribution in [-0.2, 0) is 10.0 Å². The third-order valence-electron chi connectivity index (χ3n) is 3.96. The van der Waals surface area contributed by atoms with Gasteiger partial charge in [-0.25, -0.2) is 8.42 Å². The summed E-state index contributed by atoms with van der Waals surface area (Å²) in [5.41, 5.74) is 1.02. The lowest BCUT2D eigenvalue weighted by molar-refractivity contribution is 0.0930. The first-order valence-corrected chi connectivity index (χ1v) is 9.99. The van der Waals surface area contributed by atoms with E-state index in [2.05, 4.69) is 5.32 Å². The maximum atomic E-state index is 12.5. The van der Waals surface area contributed by atoms with Crippen LogP contribution in [-0.4, -0.2) is 27.4 Å².